The largest absolute Gasteiger partial charge is 0.459 e. The van der Waals surface area contributed by atoms with Crippen LogP contribution < -0.4 is 32.7 Å². The minimum atomic E-state index is -0.604. The number of aromatic nitrogens is 6. The molecule has 410 valence electrons. The molecular formula is C60H58ClN9O10. The normalized spacial score (nSPS) is 11.1. The maximum Gasteiger partial charge on any atom is 0.408 e. The summed E-state index contributed by atoms with van der Waals surface area (Å²) in [5.41, 5.74) is 11.0. The van der Waals surface area contributed by atoms with Gasteiger partial charge in [-0.25, -0.2) is 19.0 Å². The highest BCUT2D eigenvalue weighted by Gasteiger charge is 2.19. The number of carbonyl (C=O) groups excluding carboxylic acids is 2. The van der Waals surface area contributed by atoms with Crippen LogP contribution in [0.25, 0.3) is 55.4 Å². The van der Waals surface area contributed by atoms with E-state index in [-0.39, 0.29) is 48.3 Å². The van der Waals surface area contributed by atoms with Gasteiger partial charge in [0.15, 0.2) is 16.3 Å². The molecule has 5 heterocycles. The second-order valence-corrected chi connectivity index (χ2v) is 20.0. The molecule has 0 fully saturated rings. The van der Waals surface area contributed by atoms with Crippen LogP contribution in [-0.4, -0.2) is 53.4 Å². The molecule has 2 amide bonds. The summed E-state index contributed by atoms with van der Waals surface area (Å²) in [4.78, 5) is 60.4. The molecule has 0 radical (unpaired) electrons. The third kappa shape index (κ3) is 16.0. The standard InChI is InChI=1S/C24H24N4O4.C19H16N4O2.C17H17NO4.ClH/c1-24(2,3)32-23(30)25-13-18-12-21(29)19-11-17(9-10-22(19)31-18)20-15-28(27-26-20)14-16-7-5-4-6-8-16;20-10-15-9-18(24)16-8-14(6-7-19(16)25-15)17-12-23(22-21-17)11-13-4-2-1-3-5-13;1-5-11-6-7-15-13(8-11)14(19)9-12(21-15)10-18-16(20)22-17(2,3)4;/h4-12,15H,13-14H2,1-3H3,(H,25,30);1-9,12H,10-11,20H2;1,6-9H,10H2,2-4H3,(H,18,20);1H. The number of alkyl carbamates (subject to hydrolysis) is 2. The van der Waals surface area contributed by atoms with Crippen molar-refractivity contribution in [2.24, 2.45) is 5.73 Å². The Kier molecular flexibility index (Phi) is 18.6. The molecule has 0 saturated heterocycles. The lowest BCUT2D eigenvalue weighted by Crippen LogP contribution is -2.32. The molecule has 4 N–H and O–H groups in total. The summed E-state index contributed by atoms with van der Waals surface area (Å²) >= 11 is 0. The first-order valence-electron chi connectivity index (χ1n) is 25.0. The highest BCUT2D eigenvalue weighted by Crippen LogP contribution is 2.24. The van der Waals surface area contributed by atoms with Crippen LogP contribution in [0.2, 0.25) is 0 Å². The number of nitrogens with one attached hydrogen (secondary N) is 2. The van der Waals surface area contributed by atoms with Gasteiger partial charge in [0.05, 0.1) is 61.3 Å². The number of nitrogens with zero attached hydrogens (tertiary/aromatic N) is 6. The van der Waals surface area contributed by atoms with Gasteiger partial charge in [0.1, 0.15) is 56.6 Å². The van der Waals surface area contributed by atoms with Crippen molar-refractivity contribution in [3.8, 4) is 34.9 Å². The maximum atomic E-state index is 12.7. The summed E-state index contributed by atoms with van der Waals surface area (Å²) in [6, 6.07) is 39.8. The van der Waals surface area contributed by atoms with E-state index in [4.69, 9.17) is 34.9 Å². The van der Waals surface area contributed by atoms with E-state index >= 15 is 0 Å². The van der Waals surface area contributed by atoms with E-state index < -0.39 is 23.4 Å². The number of carbonyl (C=O) groups is 2. The molecule has 0 bridgehead atoms. The topological polar surface area (TPSA) is 255 Å². The van der Waals surface area contributed by atoms with Crippen molar-refractivity contribution < 1.29 is 32.3 Å². The number of rotatable bonds is 11. The molecule has 10 aromatic rings. The molecule has 20 heteroatoms. The molecule has 0 unspecified atom stereocenters. The molecule has 80 heavy (non-hydrogen) atoms. The van der Waals surface area contributed by atoms with E-state index in [1.165, 1.54) is 18.2 Å². The zero-order valence-corrected chi connectivity index (χ0v) is 45.5. The predicted octanol–water partition coefficient (Wildman–Crippen LogP) is 9.90. The summed E-state index contributed by atoms with van der Waals surface area (Å²) in [7, 11) is 0. The monoisotopic (exact) mass is 1100 g/mol. The van der Waals surface area contributed by atoms with E-state index in [1.54, 1.807) is 93.4 Å². The fourth-order valence-corrected chi connectivity index (χ4v) is 7.81. The number of hydrogen-bond donors (Lipinski definition) is 3. The average molecular weight is 1100 g/mol. The van der Waals surface area contributed by atoms with Gasteiger partial charge in [0.2, 0.25) is 0 Å². The van der Waals surface area contributed by atoms with Crippen molar-refractivity contribution in [3.63, 3.8) is 0 Å². The minimum absolute atomic E-state index is 0. The molecule has 0 saturated carbocycles. The smallest absolute Gasteiger partial charge is 0.408 e. The van der Waals surface area contributed by atoms with Gasteiger partial charge in [0.25, 0.3) is 0 Å². The van der Waals surface area contributed by atoms with E-state index in [0.29, 0.717) is 80.2 Å². The third-order valence-electron chi connectivity index (χ3n) is 11.4. The Morgan fingerprint density at radius 3 is 1.35 bits per heavy atom. The Morgan fingerprint density at radius 1 is 0.562 bits per heavy atom. The first-order chi connectivity index (χ1) is 37.8. The molecule has 0 aliphatic rings. The second kappa shape index (κ2) is 25.7. The molecular weight excluding hydrogens is 1040 g/mol. The van der Waals surface area contributed by atoms with Crippen LogP contribution in [0.4, 0.5) is 9.59 Å². The number of hydrogen-bond acceptors (Lipinski definition) is 15. The lowest BCUT2D eigenvalue weighted by Gasteiger charge is -2.19. The van der Waals surface area contributed by atoms with Crippen LogP contribution in [0.15, 0.2) is 173 Å². The molecule has 0 aliphatic heterocycles. The molecule has 5 aromatic heterocycles. The minimum Gasteiger partial charge on any atom is -0.459 e. The summed E-state index contributed by atoms with van der Waals surface area (Å²) in [6.07, 6.45) is 7.87. The summed E-state index contributed by atoms with van der Waals surface area (Å²) < 4.78 is 30.8. The van der Waals surface area contributed by atoms with E-state index in [2.05, 4.69) is 37.2 Å². The van der Waals surface area contributed by atoms with Crippen molar-refractivity contribution in [1.82, 2.24) is 40.6 Å². The van der Waals surface area contributed by atoms with Crippen molar-refractivity contribution in [2.45, 2.75) is 85.5 Å². The lowest BCUT2D eigenvalue weighted by molar-refractivity contribution is 0.0509. The lowest BCUT2D eigenvalue weighted by atomic mass is 10.1. The molecule has 0 spiro atoms. The summed E-state index contributed by atoms with van der Waals surface area (Å²) in [5, 5.41) is 23.3. The number of ether oxygens (including phenoxy) is 2. The number of benzene rings is 5. The number of fused-ring (bicyclic) bond motifs is 3. The van der Waals surface area contributed by atoms with E-state index in [0.717, 1.165) is 22.3 Å². The fourth-order valence-electron chi connectivity index (χ4n) is 7.81. The van der Waals surface area contributed by atoms with Gasteiger partial charge in [-0.15, -0.1) is 29.0 Å². The third-order valence-corrected chi connectivity index (χ3v) is 11.4. The highest BCUT2D eigenvalue weighted by atomic mass is 35.5. The average Bonchev–Trinajstić information content (AvgIpc) is 4.10. The number of amides is 2. The van der Waals surface area contributed by atoms with Gasteiger partial charge in [-0.1, -0.05) is 77.0 Å². The first-order valence-corrected chi connectivity index (χ1v) is 25.0. The van der Waals surface area contributed by atoms with Crippen LogP contribution in [-0.2, 0) is 42.2 Å². The quantitative estimate of drug-likeness (QED) is 0.102. The van der Waals surface area contributed by atoms with Crippen molar-refractivity contribution in [2.75, 3.05) is 0 Å². The van der Waals surface area contributed by atoms with Gasteiger partial charge in [-0.05, 0) is 107 Å². The fraction of sp³-hybridized carbons (Fsp3) is 0.217. The number of halogens is 1. The highest BCUT2D eigenvalue weighted by molar-refractivity contribution is 5.85. The van der Waals surface area contributed by atoms with Crippen LogP contribution >= 0.6 is 12.4 Å². The Labute approximate surface area is 465 Å². The van der Waals surface area contributed by atoms with Gasteiger partial charge in [0, 0.05) is 34.9 Å². The molecule has 0 atom stereocenters. The maximum absolute atomic E-state index is 12.7. The zero-order valence-electron chi connectivity index (χ0n) is 44.7. The summed E-state index contributed by atoms with van der Waals surface area (Å²) in [6.45, 7) is 12.2. The molecule has 5 aromatic carbocycles. The van der Waals surface area contributed by atoms with Crippen molar-refractivity contribution in [1.29, 1.82) is 0 Å². The van der Waals surface area contributed by atoms with Crippen molar-refractivity contribution >= 4 is 57.5 Å². The molecule has 0 aliphatic carbocycles. The number of nitrogens with two attached hydrogens (primary N) is 1. The first kappa shape index (κ1) is 58.1. The van der Waals surface area contributed by atoms with Crippen LogP contribution in [0, 0.1) is 12.3 Å². The Balaban J connectivity index is 0.000000176. The molecule has 19 nitrogen and oxygen atoms in total. The second-order valence-electron chi connectivity index (χ2n) is 20.0. The molecule has 10 rings (SSSR count). The van der Waals surface area contributed by atoms with E-state index in [1.807, 2.05) is 85.2 Å². The van der Waals surface area contributed by atoms with E-state index in [9.17, 15) is 24.0 Å². The van der Waals surface area contributed by atoms with Crippen molar-refractivity contribution in [3.05, 3.63) is 210 Å². The van der Waals surface area contributed by atoms with Gasteiger partial charge < -0.3 is 39.1 Å². The Bertz CT molecular complexity index is 4020. The zero-order chi connectivity index (χ0) is 56.3. The predicted molar refractivity (Wildman–Crippen MR) is 306 cm³/mol. The van der Waals surface area contributed by atoms with Gasteiger partial charge >= 0.3 is 12.2 Å². The van der Waals surface area contributed by atoms with Crippen LogP contribution in [0.5, 0.6) is 0 Å². The van der Waals surface area contributed by atoms with Crippen LogP contribution in [0.3, 0.4) is 0 Å². The Hall–Kier alpha value is -9.64. The van der Waals surface area contributed by atoms with Gasteiger partial charge in [-0.3, -0.25) is 14.4 Å². The SMILES string of the molecule is C#Cc1ccc2oc(CNC(=O)OC(C)(C)C)cc(=O)c2c1.CC(C)(C)OC(=O)NCc1cc(=O)c2cc(-c3cn(Cc4ccccc4)nn3)ccc2o1.Cl.NCc1cc(=O)c2cc(-c3cn(Cc4ccccc4)nn3)ccc2o1. The van der Waals surface area contributed by atoms with Gasteiger partial charge in [-0.2, -0.15) is 0 Å². The summed E-state index contributed by atoms with van der Waals surface area (Å²) in [5.74, 6) is 3.63. The van der Waals surface area contributed by atoms with Crippen LogP contribution in [0.1, 0.15) is 75.5 Å². The Morgan fingerprint density at radius 2 is 0.950 bits per heavy atom. The number of terminal acetylenes is 1.